The quantitative estimate of drug-likeness (QED) is 0.775. The van der Waals surface area contributed by atoms with E-state index in [-0.39, 0.29) is 6.67 Å². The van der Waals surface area contributed by atoms with Crippen molar-refractivity contribution in [1.29, 1.82) is 0 Å². The van der Waals surface area contributed by atoms with E-state index >= 15 is 0 Å². The molecule has 1 N–H and O–H groups in total. The molecule has 0 aliphatic heterocycles. The first-order chi connectivity index (χ1) is 8.40. The van der Waals surface area contributed by atoms with Gasteiger partial charge in [-0.1, -0.05) is 42.5 Å². The summed E-state index contributed by atoms with van der Waals surface area (Å²) in [5.41, 5.74) is 3.51. The summed E-state index contributed by atoms with van der Waals surface area (Å²) in [4.78, 5) is 0. The highest BCUT2D eigenvalue weighted by molar-refractivity contribution is 5.63. The van der Waals surface area contributed by atoms with Crippen molar-refractivity contribution in [3.63, 3.8) is 0 Å². The molecule has 2 aromatic rings. The number of hydrogen-bond acceptors (Lipinski definition) is 1. The second-order valence-electron chi connectivity index (χ2n) is 3.85. The largest absolute Gasteiger partial charge is 0.310 e. The van der Waals surface area contributed by atoms with E-state index in [1.165, 1.54) is 11.1 Å². The van der Waals surface area contributed by atoms with Crippen LogP contribution in [0.1, 0.15) is 5.56 Å². The van der Waals surface area contributed by atoms with Crippen LogP contribution in [-0.2, 0) is 6.54 Å². The third-order valence-electron chi connectivity index (χ3n) is 2.59. The normalized spacial score (nSPS) is 10.4. The Kier molecular flexibility index (Phi) is 4.28. The topological polar surface area (TPSA) is 12.0 Å². The molecule has 0 fully saturated rings. The lowest BCUT2D eigenvalue weighted by atomic mass is 10.0. The van der Waals surface area contributed by atoms with Gasteiger partial charge in [-0.3, -0.25) is 0 Å². The first-order valence-electron chi connectivity index (χ1n) is 5.72. The van der Waals surface area contributed by atoms with E-state index in [1.54, 1.807) is 0 Å². The second kappa shape index (κ2) is 6.16. The predicted octanol–water partition coefficient (Wildman–Crippen LogP) is 3.21. The number of nitrogens with one attached hydrogen (secondary N) is 1. The van der Waals surface area contributed by atoms with Gasteiger partial charge in [0.15, 0.2) is 0 Å². The molecule has 0 unspecified atom stereocenters. The Bertz CT molecular complexity index is 436. The Morgan fingerprint density at radius 1 is 1.06 bits per heavy atom. The fourth-order valence-corrected chi connectivity index (χ4v) is 1.69. The van der Waals surface area contributed by atoms with Gasteiger partial charge >= 0.3 is 0 Å². The molecule has 1 radical (unpaired) electrons. The van der Waals surface area contributed by atoms with Gasteiger partial charge in [0, 0.05) is 13.1 Å². The predicted molar refractivity (Wildman–Crippen MR) is 68.4 cm³/mol. The maximum absolute atomic E-state index is 11.9. The summed E-state index contributed by atoms with van der Waals surface area (Å²) < 4.78 is 11.9. The summed E-state index contributed by atoms with van der Waals surface area (Å²) in [5.74, 6) is 0. The number of alkyl halides is 1. The van der Waals surface area contributed by atoms with Gasteiger partial charge in [-0.25, -0.2) is 4.39 Å². The number of benzene rings is 2. The van der Waals surface area contributed by atoms with Crippen LogP contribution < -0.4 is 5.32 Å². The molecule has 87 valence electrons. The van der Waals surface area contributed by atoms with Crippen LogP contribution in [0.25, 0.3) is 11.1 Å². The lowest BCUT2D eigenvalue weighted by Gasteiger charge is -2.05. The van der Waals surface area contributed by atoms with Crippen molar-refractivity contribution in [3.8, 4) is 11.1 Å². The zero-order valence-electron chi connectivity index (χ0n) is 9.62. The molecule has 0 saturated heterocycles. The van der Waals surface area contributed by atoms with E-state index in [9.17, 15) is 4.39 Å². The van der Waals surface area contributed by atoms with Gasteiger partial charge < -0.3 is 5.32 Å². The lowest BCUT2D eigenvalue weighted by Crippen LogP contribution is -2.15. The summed E-state index contributed by atoms with van der Waals surface area (Å²) in [7, 11) is 0. The van der Waals surface area contributed by atoms with E-state index in [0.29, 0.717) is 13.1 Å². The average Bonchev–Trinajstić information content (AvgIpc) is 2.41. The van der Waals surface area contributed by atoms with Crippen molar-refractivity contribution in [2.75, 3.05) is 13.2 Å². The third-order valence-corrected chi connectivity index (χ3v) is 2.59. The highest BCUT2D eigenvalue weighted by Gasteiger charge is 1.97. The molecule has 17 heavy (non-hydrogen) atoms. The van der Waals surface area contributed by atoms with E-state index < -0.39 is 0 Å². The van der Waals surface area contributed by atoms with Gasteiger partial charge in [0.25, 0.3) is 0 Å². The molecule has 0 atom stereocenters. The maximum atomic E-state index is 11.9. The van der Waals surface area contributed by atoms with Crippen LogP contribution >= 0.6 is 0 Å². The minimum Gasteiger partial charge on any atom is -0.310 e. The SMILES string of the molecule is FCCNCc1ccc(-c2c[c]ccc2)cc1. The van der Waals surface area contributed by atoms with Crippen molar-refractivity contribution in [2.24, 2.45) is 0 Å². The van der Waals surface area contributed by atoms with E-state index in [0.717, 1.165) is 5.56 Å². The molecule has 1 nitrogen and oxygen atoms in total. The molecule has 2 heteroatoms. The Hall–Kier alpha value is -1.67. The van der Waals surface area contributed by atoms with Crippen LogP contribution in [0.3, 0.4) is 0 Å². The van der Waals surface area contributed by atoms with Crippen molar-refractivity contribution < 1.29 is 4.39 Å². The molecular formula is C15H15FN. The zero-order chi connectivity index (χ0) is 11.9. The molecule has 0 heterocycles. The zero-order valence-corrected chi connectivity index (χ0v) is 9.62. The molecular weight excluding hydrogens is 213 g/mol. The second-order valence-corrected chi connectivity index (χ2v) is 3.85. The highest BCUT2D eigenvalue weighted by atomic mass is 19.1. The number of halogens is 1. The highest BCUT2D eigenvalue weighted by Crippen LogP contribution is 2.18. The first-order valence-corrected chi connectivity index (χ1v) is 5.72. The molecule has 0 spiro atoms. The van der Waals surface area contributed by atoms with Gasteiger partial charge in [-0.15, -0.1) is 0 Å². The Balaban J connectivity index is 2.03. The average molecular weight is 228 g/mol. The summed E-state index contributed by atoms with van der Waals surface area (Å²) in [5, 5.41) is 3.03. The molecule has 0 aliphatic carbocycles. The molecule has 2 aromatic carbocycles. The van der Waals surface area contributed by atoms with E-state index in [4.69, 9.17) is 0 Å². The molecule has 0 amide bonds. The van der Waals surface area contributed by atoms with Crippen molar-refractivity contribution in [2.45, 2.75) is 6.54 Å². The molecule has 0 aliphatic rings. The van der Waals surface area contributed by atoms with Crippen LogP contribution in [0.2, 0.25) is 0 Å². The standard InChI is InChI=1S/C15H15FN/c16-10-11-17-12-13-6-8-15(9-7-13)14-4-2-1-3-5-14/h1-2,4-9,17H,10-12H2. The van der Waals surface area contributed by atoms with Crippen LogP contribution in [0.15, 0.2) is 48.5 Å². The van der Waals surface area contributed by atoms with Gasteiger partial charge in [-0.05, 0) is 28.8 Å². The summed E-state index contributed by atoms with van der Waals surface area (Å²) in [6.07, 6.45) is 0. The number of rotatable bonds is 5. The van der Waals surface area contributed by atoms with Gasteiger partial charge in [0.05, 0.1) is 0 Å². The van der Waals surface area contributed by atoms with Gasteiger partial charge in [-0.2, -0.15) is 0 Å². The Morgan fingerprint density at radius 2 is 1.88 bits per heavy atom. The smallest absolute Gasteiger partial charge is 0.102 e. The Labute approximate surface area is 101 Å². The van der Waals surface area contributed by atoms with Gasteiger partial charge in [0.1, 0.15) is 6.67 Å². The monoisotopic (exact) mass is 228 g/mol. The van der Waals surface area contributed by atoms with Crippen molar-refractivity contribution in [1.82, 2.24) is 5.32 Å². The van der Waals surface area contributed by atoms with Crippen LogP contribution in [0, 0.1) is 6.07 Å². The first kappa shape index (κ1) is 11.8. The van der Waals surface area contributed by atoms with Crippen LogP contribution in [0.5, 0.6) is 0 Å². The minimum atomic E-state index is -0.321. The van der Waals surface area contributed by atoms with E-state index in [2.05, 4.69) is 41.7 Å². The minimum absolute atomic E-state index is 0.321. The van der Waals surface area contributed by atoms with Gasteiger partial charge in [0.2, 0.25) is 0 Å². The molecule has 0 aromatic heterocycles. The van der Waals surface area contributed by atoms with Crippen molar-refractivity contribution >= 4 is 0 Å². The maximum Gasteiger partial charge on any atom is 0.102 e. The lowest BCUT2D eigenvalue weighted by molar-refractivity contribution is 0.467. The summed E-state index contributed by atoms with van der Waals surface area (Å²) in [6.45, 7) is 0.804. The molecule has 0 bridgehead atoms. The molecule has 0 saturated carbocycles. The fourth-order valence-electron chi connectivity index (χ4n) is 1.69. The third kappa shape index (κ3) is 3.40. The van der Waals surface area contributed by atoms with Crippen LogP contribution in [-0.4, -0.2) is 13.2 Å². The van der Waals surface area contributed by atoms with E-state index in [1.807, 2.05) is 18.2 Å². The Morgan fingerprint density at radius 3 is 2.53 bits per heavy atom. The summed E-state index contributed by atoms with van der Waals surface area (Å²) >= 11 is 0. The van der Waals surface area contributed by atoms with Crippen molar-refractivity contribution in [3.05, 3.63) is 60.2 Å². The fraction of sp³-hybridized carbons (Fsp3) is 0.200. The number of hydrogen-bond donors (Lipinski definition) is 1. The van der Waals surface area contributed by atoms with Crippen LogP contribution in [0.4, 0.5) is 4.39 Å². The summed E-state index contributed by atoms with van der Waals surface area (Å²) in [6, 6.07) is 19.2. The molecule has 2 rings (SSSR count).